The Hall–Kier alpha value is -1.51. The van der Waals surface area contributed by atoms with Gasteiger partial charge < -0.3 is 20.1 Å². The number of hydrogen-bond acceptors (Lipinski definition) is 8. The Balaban J connectivity index is 3.74. The molecule has 2 atom stereocenters. The Bertz CT molecular complexity index is 1520. The number of ether oxygens (including phenoxy) is 2. The third kappa shape index (κ3) is 75.5. The van der Waals surface area contributed by atoms with Crippen molar-refractivity contribution in [3.63, 3.8) is 0 Å². The molecule has 10 heteroatoms. The third-order valence-corrected chi connectivity index (χ3v) is 19.6. The van der Waals surface area contributed by atoms with Crippen molar-refractivity contribution in [2.24, 2.45) is 5.73 Å². The van der Waals surface area contributed by atoms with Crippen LogP contribution in [0.15, 0.2) is 24.3 Å². The van der Waals surface area contributed by atoms with Gasteiger partial charge in [-0.3, -0.25) is 18.6 Å². The average molecular weight is 1290 g/mol. The van der Waals surface area contributed by atoms with Crippen LogP contribution < -0.4 is 5.73 Å². The highest BCUT2D eigenvalue weighted by Gasteiger charge is 2.26. The van der Waals surface area contributed by atoms with Crippen LogP contribution >= 0.6 is 7.82 Å². The van der Waals surface area contributed by atoms with Crippen LogP contribution in [0.3, 0.4) is 0 Å². The molecule has 0 aromatic rings. The minimum atomic E-state index is -4.39. The molecule has 0 fully saturated rings. The Morgan fingerprint density at radius 3 is 0.844 bits per heavy atom. The first-order chi connectivity index (χ1) is 44.3. The standard InChI is InChI=1S/C80H156NO8P/c1-3-5-7-9-11-13-15-17-19-21-23-25-27-29-31-33-35-37-39-41-43-45-47-49-51-53-55-57-59-61-63-65-67-69-71-73-80(83)89-78(77-88-90(84,85)87-75-74-81)76-86-79(82)72-70-68-66-64-62-60-58-56-54-52-50-48-46-44-42-40-38-36-34-32-30-28-26-24-22-20-18-16-14-12-10-8-6-4-2/h15,17,21,23,78H,3-14,16,18-20,22,24-77,81H2,1-2H3,(H,84,85)/b17-15-,23-21-. The minimum Gasteiger partial charge on any atom is -0.462 e. The molecular formula is C80H156NO8P. The van der Waals surface area contributed by atoms with Crippen molar-refractivity contribution in [1.29, 1.82) is 0 Å². The van der Waals surface area contributed by atoms with Gasteiger partial charge in [0.25, 0.3) is 0 Å². The number of carbonyl (C=O) groups excluding carboxylic acids is 2. The van der Waals surface area contributed by atoms with Crippen LogP contribution in [0.2, 0.25) is 0 Å². The summed E-state index contributed by atoms with van der Waals surface area (Å²) in [5.41, 5.74) is 5.42. The van der Waals surface area contributed by atoms with E-state index in [0.717, 1.165) is 38.5 Å². The van der Waals surface area contributed by atoms with Crippen LogP contribution in [0.1, 0.15) is 444 Å². The summed E-state index contributed by atoms with van der Waals surface area (Å²) in [6.07, 6.45) is 96.2. The van der Waals surface area contributed by atoms with Gasteiger partial charge in [-0.1, -0.05) is 411 Å². The maximum atomic E-state index is 12.8. The fraction of sp³-hybridized carbons (Fsp3) is 0.925. The van der Waals surface area contributed by atoms with E-state index < -0.39 is 26.5 Å². The zero-order valence-electron chi connectivity index (χ0n) is 60.4. The Morgan fingerprint density at radius 1 is 0.333 bits per heavy atom. The first kappa shape index (κ1) is 88.5. The van der Waals surface area contributed by atoms with Gasteiger partial charge in [-0.2, -0.15) is 0 Å². The van der Waals surface area contributed by atoms with E-state index in [4.69, 9.17) is 24.3 Å². The van der Waals surface area contributed by atoms with Gasteiger partial charge in [0.1, 0.15) is 6.61 Å². The average Bonchev–Trinajstić information content (AvgIpc) is 3.75. The van der Waals surface area contributed by atoms with Gasteiger partial charge in [-0.25, -0.2) is 4.57 Å². The summed E-state index contributed by atoms with van der Waals surface area (Å²) in [7, 11) is -4.39. The van der Waals surface area contributed by atoms with Crippen LogP contribution in [-0.2, 0) is 32.7 Å². The summed E-state index contributed by atoms with van der Waals surface area (Å²) in [4.78, 5) is 35.5. The summed E-state index contributed by atoms with van der Waals surface area (Å²) in [6, 6.07) is 0. The van der Waals surface area contributed by atoms with Crippen molar-refractivity contribution in [3.8, 4) is 0 Å². The smallest absolute Gasteiger partial charge is 0.462 e. The minimum absolute atomic E-state index is 0.0575. The van der Waals surface area contributed by atoms with Crippen LogP contribution in [0.4, 0.5) is 0 Å². The van der Waals surface area contributed by atoms with E-state index >= 15 is 0 Å². The zero-order valence-corrected chi connectivity index (χ0v) is 61.3. The molecule has 2 unspecified atom stereocenters. The SMILES string of the molecule is CCCCCCC/C=C\C/C=C\CCCCCCCCCCCCCCCCCCCCCCCCCC(=O)OC(COC(=O)CCCCCCCCCCCCCCCCCCCCCCCCCCCCCCCCCCCC)COP(=O)(O)OCCN. The van der Waals surface area contributed by atoms with Gasteiger partial charge in [-0.05, 0) is 44.9 Å². The molecule has 3 N–H and O–H groups in total. The van der Waals surface area contributed by atoms with Gasteiger partial charge in [0.2, 0.25) is 0 Å². The highest BCUT2D eigenvalue weighted by atomic mass is 31.2. The van der Waals surface area contributed by atoms with E-state index in [1.807, 2.05) is 0 Å². The molecule has 9 nitrogen and oxygen atoms in total. The molecule has 0 amide bonds. The Labute approximate surface area is 561 Å². The summed E-state index contributed by atoms with van der Waals surface area (Å²) in [5, 5.41) is 0. The molecule has 0 aromatic carbocycles. The molecule has 534 valence electrons. The molecule has 0 heterocycles. The van der Waals surface area contributed by atoms with Gasteiger partial charge in [0.15, 0.2) is 6.10 Å². The molecule has 0 aromatic heterocycles. The second-order valence-electron chi connectivity index (χ2n) is 27.7. The van der Waals surface area contributed by atoms with Crippen molar-refractivity contribution in [2.75, 3.05) is 26.4 Å². The molecule has 0 aliphatic heterocycles. The quantitative estimate of drug-likeness (QED) is 0.0264. The number of hydrogen-bond donors (Lipinski definition) is 2. The molecule has 0 radical (unpaired) electrons. The Kier molecular flexibility index (Phi) is 75.2. The maximum Gasteiger partial charge on any atom is 0.472 e. The van der Waals surface area contributed by atoms with E-state index in [1.54, 1.807) is 0 Å². The molecule has 0 bridgehead atoms. The van der Waals surface area contributed by atoms with Crippen molar-refractivity contribution >= 4 is 19.8 Å². The van der Waals surface area contributed by atoms with E-state index in [9.17, 15) is 19.0 Å². The third-order valence-electron chi connectivity index (χ3n) is 18.6. The summed E-state index contributed by atoms with van der Waals surface area (Å²) < 4.78 is 33.3. The lowest BCUT2D eigenvalue weighted by molar-refractivity contribution is -0.161. The van der Waals surface area contributed by atoms with Crippen LogP contribution in [0.5, 0.6) is 0 Å². The molecule has 0 spiro atoms. The van der Waals surface area contributed by atoms with E-state index in [0.29, 0.717) is 6.42 Å². The fourth-order valence-corrected chi connectivity index (χ4v) is 13.4. The number of rotatable bonds is 78. The van der Waals surface area contributed by atoms with Crippen molar-refractivity contribution in [1.82, 2.24) is 0 Å². The predicted molar refractivity (Wildman–Crippen MR) is 391 cm³/mol. The normalized spacial score (nSPS) is 12.9. The Morgan fingerprint density at radius 2 is 0.578 bits per heavy atom. The number of phosphoric ester groups is 1. The second kappa shape index (κ2) is 76.5. The fourth-order valence-electron chi connectivity index (χ4n) is 12.6. The number of nitrogens with two attached hydrogens (primary N) is 1. The molecule has 0 rings (SSSR count). The van der Waals surface area contributed by atoms with Gasteiger partial charge in [-0.15, -0.1) is 0 Å². The van der Waals surface area contributed by atoms with E-state index in [2.05, 4.69) is 38.2 Å². The monoisotopic (exact) mass is 1290 g/mol. The maximum absolute atomic E-state index is 12.8. The number of carbonyl (C=O) groups is 2. The first-order valence-corrected chi connectivity index (χ1v) is 41.8. The van der Waals surface area contributed by atoms with Gasteiger partial charge in [0, 0.05) is 19.4 Å². The van der Waals surface area contributed by atoms with E-state index in [-0.39, 0.29) is 38.6 Å². The van der Waals surface area contributed by atoms with Crippen LogP contribution in [-0.4, -0.2) is 49.3 Å². The zero-order chi connectivity index (χ0) is 65.1. The molecule has 0 aliphatic rings. The largest absolute Gasteiger partial charge is 0.472 e. The first-order valence-electron chi connectivity index (χ1n) is 40.3. The van der Waals surface area contributed by atoms with Crippen molar-refractivity contribution in [2.45, 2.75) is 450 Å². The lowest BCUT2D eigenvalue weighted by atomic mass is 10.0. The van der Waals surface area contributed by atoms with Crippen molar-refractivity contribution in [3.05, 3.63) is 24.3 Å². The highest BCUT2D eigenvalue weighted by molar-refractivity contribution is 7.47. The molecule has 0 saturated carbocycles. The number of allylic oxidation sites excluding steroid dienone is 4. The molecule has 0 aliphatic carbocycles. The van der Waals surface area contributed by atoms with Gasteiger partial charge in [0.05, 0.1) is 13.2 Å². The number of unbranched alkanes of at least 4 members (excludes halogenated alkanes) is 61. The second-order valence-corrected chi connectivity index (χ2v) is 29.1. The highest BCUT2D eigenvalue weighted by Crippen LogP contribution is 2.43. The summed E-state index contributed by atoms with van der Waals surface area (Å²) in [6.45, 7) is 3.83. The number of esters is 2. The lowest BCUT2D eigenvalue weighted by Gasteiger charge is -2.19. The number of phosphoric acid groups is 1. The molecule has 0 saturated heterocycles. The van der Waals surface area contributed by atoms with E-state index in [1.165, 1.54) is 372 Å². The van der Waals surface area contributed by atoms with Gasteiger partial charge >= 0.3 is 19.8 Å². The van der Waals surface area contributed by atoms with Crippen molar-refractivity contribution < 1.29 is 37.6 Å². The lowest BCUT2D eigenvalue weighted by Crippen LogP contribution is -2.29. The van der Waals surface area contributed by atoms with Crippen LogP contribution in [0.25, 0.3) is 0 Å². The summed E-state index contributed by atoms with van der Waals surface area (Å²) in [5.74, 6) is -0.798. The molecule has 90 heavy (non-hydrogen) atoms. The van der Waals surface area contributed by atoms with Crippen LogP contribution in [0, 0.1) is 0 Å². The summed E-state index contributed by atoms with van der Waals surface area (Å²) >= 11 is 0. The predicted octanol–water partition coefficient (Wildman–Crippen LogP) is 26.8. The molecular weight excluding hydrogens is 1130 g/mol. The topological polar surface area (TPSA) is 134 Å².